The minimum absolute atomic E-state index is 0.143. The highest BCUT2D eigenvalue weighted by atomic mass is 32.2. The average Bonchev–Trinajstić information content (AvgIpc) is 2.82. The maximum absolute atomic E-state index is 12.2. The summed E-state index contributed by atoms with van der Waals surface area (Å²) in [5, 5.41) is 2.73. The zero-order chi connectivity index (χ0) is 13.9. The fourth-order valence-electron chi connectivity index (χ4n) is 2.38. The molecule has 0 spiro atoms. The molecule has 0 bridgehead atoms. The van der Waals surface area contributed by atoms with E-state index < -0.39 is 10.2 Å². The molecule has 108 valence electrons. The fourth-order valence-corrected chi connectivity index (χ4v) is 4.31. The Morgan fingerprint density at radius 1 is 1.42 bits per heavy atom. The van der Waals surface area contributed by atoms with Crippen LogP contribution in [0.1, 0.15) is 42.8 Å². The SMILES string of the molecule is Cc1csc(CNS(=O)(=O)N(C)C2CCCCC2)n1. The zero-order valence-electron chi connectivity index (χ0n) is 11.4. The molecular weight excluding hydrogens is 282 g/mol. The van der Waals surface area contributed by atoms with Crippen molar-refractivity contribution >= 4 is 21.5 Å². The minimum atomic E-state index is -3.40. The molecule has 1 saturated carbocycles. The molecular formula is C12H21N3O2S2. The van der Waals surface area contributed by atoms with Gasteiger partial charge in [-0.25, -0.2) is 4.98 Å². The molecule has 1 fully saturated rings. The molecule has 2 rings (SSSR count). The summed E-state index contributed by atoms with van der Waals surface area (Å²) in [7, 11) is -1.73. The van der Waals surface area contributed by atoms with Crippen LogP contribution in [0.3, 0.4) is 0 Å². The molecule has 5 nitrogen and oxygen atoms in total. The molecule has 1 aliphatic carbocycles. The molecule has 0 atom stereocenters. The molecule has 1 aromatic rings. The average molecular weight is 303 g/mol. The van der Waals surface area contributed by atoms with Gasteiger partial charge in [-0.3, -0.25) is 0 Å². The molecule has 0 saturated heterocycles. The van der Waals surface area contributed by atoms with Crippen LogP contribution < -0.4 is 4.72 Å². The van der Waals surface area contributed by atoms with Crippen LogP contribution in [0, 0.1) is 6.92 Å². The topological polar surface area (TPSA) is 62.3 Å². The van der Waals surface area contributed by atoms with Crippen molar-refractivity contribution in [1.82, 2.24) is 14.0 Å². The van der Waals surface area contributed by atoms with Crippen LogP contribution in [-0.4, -0.2) is 30.8 Å². The first-order valence-electron chi connectivity index (χ1n) is 6.62. The van der Waals surface area contributed by atoms with Gasteiger partial charge in [0.2, 0.25) is 0 Å². The molecule has 0 radical (unpaired) electrons. The normalized spacial score (nSPS) is 18.1. The van der Waals surface area contributed by atoms with Crippen molar-refractivity contribution in [2.45, 2.75) is 51.6 Å². The van der Waals surface area contributed by atoms with Gasteiger partial charge < -0.3 is 0 Å². The number of aryl methyl sites for hydroxylation is 1. The van der Waals surface area contributed by atoms with Crippen LogP contribution in [0.15, 0.2) is 5.38 Å². The van der Waals surface area contributed by atoms with E-state index in [1.165, 1.54) is 22.1 Å². The van der Waals surface area contributed by atoms with Crippen LogP contribution in [0.5, 0.6) is 0 Å². The first-order valence-corrected chi connectivity index (χ1v) is 8.94. The fraction of sp³-hybridized carbons (Fsp3) is 0.750. The van der Waals surface area contributed by atoms with Crippen molar-refractivity contribution in [2.24, 2.45) is 0 Å². The van der Waals surface area contributed by atoms with Crippen molar-refractivity contribution in [2.75, 3.05) is 7.05 Å². The van der Waals surface area contributed by atoms with Gasteiger partial charge in [-0.2, -0.15) is 17.4 Å². The second-order valence-electron chi connectivity index (χ2n) is 5.02. The van der Waals surface area contributed by atoms with Crippen LogP contribution in [-0.2, 0) is 16.8 Å². The van der Waals surface area contributed by atoms with E-state index in [4.69, 9.17) is 0 Å². The summed E-state index contributed by atoms with van der Waals surface area (Å²) >= 11 is 1.48. The van der Waals surface area contributed by atoms with Gasteiger partial charge in [-0.15, -0.1) is 11.3 Å². The molecule has 0 amide bonds. The highest BCUT2D eigenvalue weighted by Crippen LogP contribution is 2.23. The van der Waals surface area contributed by atoms with Gasteiger partial charge >= 0.3 is 0 Å². The smallest absolute Gasteiger partial charge is 0.245 e. The van der Waals surface area contributed by atoms with E-state index in [2.05, 4.69) is 9.71 Å². The lowest BCUT2D eigenvalue weighted by Gasteiger charge is -2.30. The Morgan fingerprint density at radius 2 is 2.11 bits per heavy atom. The maximum Gasteiger partial charge on any atom is 0.279 e. The van der Waals surface area contributed by atoms with Crippen molar-refractivity contribution in [3.05, 3.63) is 16.1 Å². The third-order valence-electron chi connectivity index (χ3n) is 3.54. The molecule has 0 aromatic carbocycles. The van der Waals surface area contributed by atoms with Gasteiger partial charge in [0.15, 0.2) is 0 Å². The second kappa shape index (κ2) is 6.30. The Bertz CT molecular complexity index is 507. The molecule has 1 aliphatic rings. The number of thiazole rings is 1. The summed E-state index contributed by atoms with van der Waals surface area (Å²) in [6, 6.07) is 0.143. The lowest BCUT2D eigenvalue weighted by atomic mass is 9.96. The number of aromatic nitrogens is 1. The van der Waals surface area contributed by atoms with Crippen LogP contribution >= 0.6 is 11.3 Å². The van der Waals surface area contributed by atoms with E-state index in [9.17, 15) is 8.42 Å². The van der Waals surface area contributed by atoms with E-state index in [-0.39, 0.29) is 12.6 Å². The van der Waals surface area contributed by atoms with Gasteiger partial charge in [-0.1, -0.05) is 19.3 Å². The van der Waals surface area contributed by atoms with E-state index in [0.717, 1.165) is 36.4 Å². The van der Waals surface area contributed by atoms with Gasteiger partial charge in [0, 0.05) is 24.2 Å². The lowest BCUT2D eigenvalue weighted by molar-refractivity contribution is 0.283. The molecule has 19 heavy (non-hydrogen) atoms. The van der Waals surface area contributed by atoms with Crippen molar-refractivity contribution in [3.63, 3.8) is 0 Å². The van der Waals surface area contributed by atoms with E-state index in [1.807, 2.05) is 12.3 Å². The Kier molecular flexibility index (Phi) is 4.94. The largest absolute Gasteiger partial charge is 0.279 e. The summed E-state index contributed by atoms with van der Waals surface area (Å²) in [4.78, 5) is 4.26. The predicted molar refractivity (Wildman–Crippen MR) is 77.2 cm³/mol. The Balaban J connectivity index is 1.93. The summed E-state index contributed by atoms with van der Waals surface area (Å²) in [6.45, 7) is 2.18. The monoisotopic (exact) mass is 303 g/mol. The number of nitrogens with zero attached hydrogens (tertiary/aromatic N) is 2. The Hall–Kier alpha value is -0.500. The van der Waals surface area contributed by atoms with Crippen LogP contribution in [0.2, 0.25) is 0 Å². The van der Waals surface area contributed by atoms with Crippen molar-refractivity contribution in [3.8, 4) is 0 Å². The van der Waals surface area contributed by atoms with Crippen LogP contribution in [0.4, 0.5) is 0 Å². The molecule has 7 heteroatoms. The van der Waals surface area contributed by atoms with Gasteiger partial charge in [0.05, 0.1) is 6.54 Å². The summed E-state index contributed by atoms with van der Waals surface area (Å²) in [6.07, 6.45) is 5.39. The Labute approximate surface area is 119 Å². The third kappa shape index (κ3) is 3.98. The maximum atomic E-state index is 12.2. The molecule has 1 heterocycles. The van der Waals surface area contributed by atoms with Crippen molar-refractivity contribution < 1.29 is 8.42 Å². The van der Waals surface area contributed by atoms with E-state index >= 15 is 0 Å². The first-order chi connectivity index (χ1) is 8.99. The number of hydrogen-bond donors (Lipinski definition) is 1. The molecule has 1 N–H and O–H groups in total. The number of nitrogens with one attached hydrogen (secondary N) is 1. The van der Waals surface area contributed by atoms with Crippen molar-refractivity contribution in [1.29, 1.82) is 0 Å². The molecule has 0 unspecified atom stereocenters. The van der Waals surface area contributed by atoms with E-state index in [1.54, 1.807) is 7.05 Å². The van der Waals surface area contributed by atoms with Crippen LogP contribution in [0.25, 0.3) is 0 Å². The first kappa shape index (κ1) is 14.9. The van der Waals surface area contributed by atoms with Gasteiger partial charge in [0.1, 0.15) is 5.01 Å². The van der Waals surface area contributed by atoms with Gasteiger partial charge in [0.25, 0.3) is 10.2 Å². The summed E-state index contributed by atoms with van der Waals surface area (Å²) in [5.41, 5.74) is 0.930. The zero-order valence-corrected chi connectivity index (χ0v) is 13.1. The standard InChI is InChI=1S/C12H21N3O2S2/c1-10-9-18-12(14-10)8-13-19(16,17)15(2)11-6-4-3-5-7-11/h9,11,13H,3-8H2,1-2H3. The quantitative estimate of drug-likeness (QED) is 0.905. The second-order valence-corrected chi connectivity index (χ2v) is 7.77. The summed E-state index contributed by atoms with van der Waals surface area (Å²) in [5.74, 6) is 0. The highest BCUT2D eigenvalue weighted by molar-refractivity contribution is 7.87. The lowest BCUT2D eigenvalue weighted by Crippen LogP contribution is -2.44. The highest BCUT2D eigenvalue weighted by Gasteiger charge is 2.27. The summed E-state index contributed by atoms with van der Waals surface area (Å²) < 4.78 is 28.5. The number of rotatable bonds is 5. The Morgan fingerprint density at radius 3 is 2.68 bits per heavy atom. The third-order valence-corrected chi connectivity index (χ3v) is 6.07. The predicted octanol–water partition coefficient (Wildman–Crippen LogP) is 2.05. The molecule has 0 aliphatic heterocycles. The van der Waals surface area contributed by atoms with Gasteiger partial charge in [-0.05, 0) is 19.8 Å². The number of hydrogen-bond acceptors (Lipinski definition) is 4. The van der Waals surface area contributed by atoms with E-state index in [0.29, 0.717) is 0 Å². The molecule has 1 aromatic heterocycles. The minimum Gasteiger partial charge on any atom is -0.245 e.